The number of hydrogen-bond donors (Lipinski definition) is 1. The standard InChI is InChI=1S/C15H23N3O2/c1-10-7-14(15(19)17-5-3-12(16)8-17)11(2)18(10)13-4-6-20-9-13/h7,12-13H,3-6,8-9,16H2,1-2H3/t12-,13?/m0/s1. The third-order valence-electron chi connectivity index (χ3n) is 4.50. The number of rotatable bonds is 2. The van der Waals surface area contributed by atoms with Crippen molar-refractivity contribution in [2.24, 2.45) is 5.73 Å². The fraction of sp³-hybridized carbons (Fsp3) is 0.667. The molecule has 3 heterocycles. The number of aryl methyl sites for hydroxylation is 1. The summed E-state index contributed by atoms with van der Waals surface area (Å²) in [7, 11) is 0. The molecule has 0 aliphatic carbocycles. The van der Waals surface area contributed by atoms with E-state index in [-0.39, 0.29) is 11.9 Å². The van der Waals surface area contributed by atoms with Crippen LogP contribution in [0.1, 0.15) is 40.6 Å². The molecule has 110 valence electrons. The second-order valence-corrected chi connectivity index (χ2v) is 5.97. The van der Waals surface area contributed by atoms with Crippen molar-refractivity contribution in [1.29, 1.82) is 0 Å². The molecular formula is C15H23N3O2. The van der Waals surface area contributed by atoms with Crippen LogP contribution in [-0.2, 0) is 4.74 Å². The number of aromatic nitrogens is 1. The summed E-state index contributed by atoms with van der Waals surface area (Å²) < 4.78 is 7.73. The summed E-state index contributed by atoms with van der Waals surface area (Å²) >= 11 is 0. The van der Waals surface area contributed by atoms with E-state index in [1.165, 1.54) is 0 Å². The molecule has 5 heteroatoms. The van der Waals surface area contributed by atoms with Crippen molar-refractivity contribution < 1.29 is 9.53 Å². The molecule has 0 radical (unpaired) electrons. The highest BCUT2D eigenvalue weighted by Gasteiger charge is 2.29. The minimum Gasteiger partial charge on any atom is -0.379 e. The summed E-state index contributed by atoms with van der Waals surface area (Å²) in [5, 5.41) is 0. The second kappa shape index (κ2) is 5.22. The van der Waals surface area contributed by atoms with Gasteiger partial charge in [0.05, 0.1) is 18.2 Å². The van der Waals surface area contributed by atoms with Crippen LogP contribution in [0.4, 0.5) is 0 Å². The van der Waals surface area contributed by atoms with Crippen molar-refractivity contribution >= 4 is 5.91 Å². The summed E-state index contributed by atoms with van der Waals surface area (Å²) in [6.07, 6.45) is 1.93. The highest BCUT2D eigenvalue weighted by Crippen LogP contribution is 2.27. The van der Waals surface area contributed by atoms with E-state index < -0.39 is 0 Å². The van der Waals surface area contributed by atoms with Gasteiger partial charge in [0.1, 0.15) is 0 Å². The first kappa shape index (κ1) is 13.6. The second-order valence-electron chi connectivity index (χ2n) is 5.97. The van der Waals surface area contributed by atoms with Gasteiger partial charge in [0.25, 0.3) is 5.91 Å². The predicted octanol–water partition coefficient (Wildman–Crippen LogP) is 1.24. The fourth-order valence-corrected chi connectivity index (χ4v) is 3.42. The third kappa shape index (κ3) is 2.25. The molecule has 1 amide bonds. The van der Waals surface area contributed by atoms with E-state index in [4.69, 9.17) is 10.5 Å². The summed E-state index contributed by atoms with van der Waals surface area (Å²) in [5.74, 6) is 0.121. The minimum absolute atomic E-state index is 0.121. The lowest BCUT2D eigenvalue weighted by Crippen LogP contribution is -2.32. The van der Waals surface area contributed by atoms with Gasteiger partial charge in [-0.25, -0.2) is 0 Å². The van der Waals surface area contributed by atoms with Gasteiger partial charge in [-0.15, -0.1) is 0 Å². The lowest BCUT2D eigenvalue weighted by atomic mass is 10.2. The Labute approximate surface area is 119 Å². The van der Waals surface area contributed by atoms with Crippen LogP contribution in [0.25, 0.3) is 0 Å². The number of hydrogen-bond acceptors (Lipinski definition) is 3. The number of amides is 1. The number of carbonyl (C=O) groups excluding carboxylic acids is 1. The Kier molecular flexibility index (Phi) is 3.56. The molecular weight excluding hydrogens is 254 g/mol. The highest BCUT2D eigenvalue weighted by molar-refractivity contribution is 5.96. The molecule has 1 aromatic rings. The van der Waals surface area contributed by atoms with Gasteiger partial charge in [0.2, 0.25) is 0 Å². The van der Waals surface area contributed by atoms with Crippen LogP contribution in [0, 0.1) is 13.8 Å². The van der Waals surface area contributed by atoms with Gasteiger partial charge in [-0.1, -0.05) is 0 Å². The molecule has 0 saturated carbocycles. The van der Waals surface area contributed by atoms with Crippen LogP contribution in [0.3, 0.4) is 0 Å². The summed E-state index contributed by atoms with van der Waals surface area (Å²) in [6, 6.07) is 2.52. The molecule has 2 fully saturated rings. The van der Waals surface area contributed by atoms with Gasteiger partial charge < -0.3 is 19.9 Å². The Morgan fingerprint density at radius 2 is 2.20 bits per heavy atom. The average molecular weight is 277 g/mol. The van der Waals surface area contributed by atoms with E-state index in [1.807, 2.05) is 17.9 Å². The molecule has 2 saturated heterocycles. The van der Waals surface area contributed by atoms with Crippen LogP contribution >= 0.6 is 0 Å². The molecule has 1 unspecified atom stereocenters. The first-order valence-electron chi connectivity index (χ1n) is 7.39. The topological polar surface area (TPSA) is 60.5 Å². The average Bonchev–Trinajstić information content (AvgIpc) is 3.10. The van der Waals surface area contributed by atoms with Gasteiger partial charge in [-0.2, -0.15) is 0 Å². The van der Waals surface area contributed by atoms with Gasteiger partial charge in [0.15, 0.2) is 0 Å². The van der Waals surface area contributed by atoms with Crippen molar-refractivity contribution in [2.75, 3.05) is 26.3 Å². The Hall–Kier alpha value is -1.33. The normalized spacial score (nSPS) is 26.4. The molecule has 3 rings (SSSR count). The maximum atomic E-state index is 12.6. The van der Waals surface area contributed by atoms with Gasteiger partial charge in [0, 0.05) is 37.1 Å². The third-order valence-corrected chi connectivity index (χ3v) is 4.50. The molecule has 5 nitrogen and oxygen atoms in total. The summed E-state index contributed by atoms with van der Waals surface area (Å²) in [4.78, 5) is 14.5. The van der Waals surface area contributed by atoms with E-state index in [1.54, 1.807) is 0 Å². The van der Waals surface area contributed by atoms with Crippen molar-refractivity contribution in [2.45, 2.75) is 38.8 Å². The van der Waals surface area contributed by atoms with Crippen LogP contribution in [0.15, 0.2) is 6.07 Å². The molecule has 1 aromatic heterocycles. The maximum absolute atomic E-state index is 12.6. The van der Waals surface area contributed by atoms with Crippen molar-refractivity contribution in [3.63, 3.8) is 0 Å². The summed E-state index contributed by atoms with van der Waals surface area (Å²) in [6.45, 7) is 7.11. The maximum Gasteiger partial charge on any atom is 0.255 e. The number of nitrogens with two attached hydrogens (primary N) is 1. The van der Waals surface area contributed by atoms with Gasteiger partial charge in [-0.05, 0) is 32.8 Å². The molecule has 2 aliphatic rings. The van der Waals surface area contributed by atoms with E-state index in [9.17, 15) is 4.79 Å². The van der Waals surface area contributed by atoms with E-state index in [2.05, 4.69) is 11.5 Å². The zero-order valence-corrected chi connectivity index (χ0v) is 12.3. The van der Waals surface area contributed by atoms with Crippen LogP contribution in [0.2, 0.25) is 0 Å². The quantitative estimate of drug-likeness (QED) is 0.884. The zero-order chi connectivity index (χ0) is 14.3. The lowest BCUT2D eigenvalue weighted by molar-refractivity contribution is 0.0790. The fourth-order valence-electron chi connectivity index (χ4n) is 3.42. The minimum atomic E-state index is 0.121. The zero-order valence-electron chi connectivity index (χ0n) is 12.3. The summed E-state index contributed by atoms with van der Waals surface area (Å²) in [5.41, 5.74) is 8.92. The Morgan fingerprint density at radius 3 is 2.80 bits per heavy atom. The molecule has 0 bridgehead atoms. The van der Waals surface area contributed by atoms with Crippen molar-refractivity contribution in [1.82, 2.24) is 9.47 Å². The number of carbonyl (C=O) groups is 1. The van der Waals surface area contributed by atoms with Gasteiger partial charge >= 0.3 is 0 Å². The van der Waals surface area contributed by atoms with E-state index in [0.717, 1.165) is 49.6 Å². The number of nitrogens with zero attached hydrogens (tertiary/aromatic N) is 2. The van der Waals surface area contributed by atoms with Gasteiger partial charge in [-0.3, -0.25) is 4.79 Å². The molecule has 2 aliphatic heterocycles. The molecule has 0 spiro atoms. The molecule has 0 aromatic carbocycles. The van der Waals surface area contributed by atoms with Crippen molar-refractivity contribution in [3.8, 4) is 0 Å². The number of likely N-dealkylation sites (tertiary alicyclic amines) is 1. The van der Waals surface area contributed by atoms with E-state index in [0.29, 0.717) is 12.6 Å². The van der Waals surface area contributed by atoms with Crippen molar-refractivity contribution in [3.05, 3.63) is 23.0 Å². The monoisotopic (exact) mass is 277 g/mol. The van der Waals surface area contributed by atoms with Crippen LogP contribution < -0.4 is 5.73 Å². The largest absolute Gasteiger partial charge is 0.379 e. The SMILES string of the molecule is Cc1cc(C(=O)N2CC[C@H](N)C2)c(C)n1C1CCOC1. The number of ether oxygens (including phenoxy) is 1. The highest BCUT2D eigenvalue weighted by atomic mass is 16.5. The van der Waals surface area contributed by atoms with E-state index >= 15 is 0 Å². The first-order valence-corrected chi connectivity index (χ1v) is 7.39. The predicted molar refractivity (Wildman–Crippen MR) is 76.9 cm³/mol. The molecule has 2 atom stereocenters. The Balaban J connectivity index is 1.87. The van der Waals surface area contributed by atoms with Crippen LogP contribution in [0.5, 0.6) is 0 Å². The first-order chi connectivity index (χ1) is 9.58. The Bertz CT molecular complexity index is 517. The molecule has 2 N–H and O–H groups in total. The Morgan fingerprint density at radius 1 is 1.40 bits per heavy atom. The van der Waals surface area contributed by atoms with Crippen LogP contribution in [-0.4, -0.2) is 47.7 Å². The smallest absolute Gasteiger partial charge is 0.255 e. The lowest BCUT2D eigenvalue weighted by Gasteiger charge is -2.18. The molecule has 20 heavy (non-hydrogen) atoms.